The van der Waals surface area contributed by atoms with E-state index in [1.165, 1.54) is 51.0 Å². The van der Waals surface area contributed by atoms with Crippen LogP contribution in [0.5, 0.6) is 0 Å². The van der Waals surface area contributed by atoms with Crippen LogP contribution in [0.4, 0.5) is 5.69 Å². The van der Waals surface area contributed by atoms with Crippen molar-refractivity contribution in [2.75, 3.05) is 18.8 Å². The number of aldehydes is 1. The fraction of sp³-hybridized carbons (Fsp3) is 0.500. The van der Waals surface area contributed by atoms with E-state index < -0.39 is 0 Å². The van der Waals surface area contributed by atoms with Crippen LogP contribution < -0.4 is 11.1 Å². The molecule has 94 valence electrons. The molecule has 1 aromatic heterocycles. The number of carbonyl (C=O) groups is 1. The van der Waals surface area contributed by atoms with Gasteiger partial charge >= 0.3 is 0 Å². The molecule has 0 saturated carbocycles. The molecule has 0 radical (unpaired) electrons. The van der Waals surface area contributed by atoms with Gasteiger partial charge in [-0.25, -0.2) is 4.98 Å². The molecule has 17 heavy (non-hydrogen) atoms. The predicted octanol–water partition coefficient (Wildman–Crippen LogP) is 2.28. The molecule has 0 amide bonds. The van der Waals surface area contributed by atoms with Crippen LogP contribution in [0.15, 0.2) is 12.3 Å². The van der Waals surface area contributed by atoms with E-state index in [9.17, 15) is 4.79 Å². The summed E-state index contributed by atoms with van der Waals surface area (Å²) in [6.45, 7) is 2.50. The minimum atomic E-state index is 0.295. The summed E-state index contributed by atoms with van der Waals surface area (Å²) >= 11 is 5.47. The summed E-state index contributed by atoms with van der Waals surface area (Å²) in [5.41, 5.74) is 6.10. The van der Waals surface area contributed by atoms with Crippen molar-refractivity contribution in [3.8, 4) is 0 Å². The number of carbonyl (C=O) groups excluding carboxylic acids is 1. The number of nitrogens with two attached hydrogens (primary N) is 1. The fourth-order valence-electron chi connectivity index (χ4n) is 1.53. The van der Waals surface area contributed by atoms with Gasteiger partial charge in [0, 0.05) is 11.9 Å². The lowest BCUT2D eigenvalue weighted by molar-refractivity contribution is 0.112. The highest BCUT2D eigenvalue weighted by atomic mass is 35.5. The number of hydrogen-bond donors (Lipinski definition) is 2. The number of anilines is 1. The molecule has 3 N–H and O–H groups in total. The summed E-state index contributed by atoms with van der Waals surface area (Å²) in [5, 5.41) is 3.64. The Bertz CT molecular complexity index is 338. The summed E-state index contributed by atoms with van der Waals surface area (Å²) in [7, 11) is 0. The summed E-state index contributed by atoms with van der Waals surface area (Å²) in [5.74, 6) is 0. The molecule has 5 heteroatoms. The van der Waals surface area contributed by atoms with Gasteiger partial charge in [0.2, 0.25) is 0 Å². The molecule has 0 atom stereocenters. The second-order valence-corrected chi connectivity index (χ2v) is 4.31. The smallest absolute Gasteiger partial charge is 0.153 e. The van der Waals surface area contributed by atoms with Gasteiger partial charge in [-0.05, 0) is 32.0 Å². The van der Waals surface area contributed by atoms with E-state index in [0.717, 1.165) is 0 Å². The maximum Gasteiger partial charge on any atom is 0.153 e. The molecule has 1 aromatic rings. The zero-order valence-electron chi connectivity index (χ0n) is 9.79. The van der Waals surface area contributed by atoms with E-state index >= 15 is 0 Å². The van der Waals surface area contributed by atoms with Gasteiger partial charge in [-0.2, -0.15) is 0 Å². The van der Waals surface area contributed by atoms with Crippen LogP contribution in [0.25, 0.3) is 0 Å². The van der Waals surface area contributed by atoms with Crippen molar-refractivity contribution in [2.24, 2.45) is 0 Å². The van der Waals surface area contributed by atoms with Crippen LogP contribution in [-0.2, 0) is 0 Å². The van der Waals surface area contributed by atoms with Crippen LogP contribution in [-0.4, -0.2) is 24.4 Å². The van der Waals surface area contributed by atoms with E-state index in [0.29, 0.717) is 22.7 Å². The van der Waals surface area contributed by atoms with Crippen molar-refractivity contribution in [1.82, 2.24) is 10.3 Å². The molecule has 0 bridgehead atoms. The Balaban J connectivity index is 0.000000181. The minimum absolute atomic E-state index is 0.295. The summed E-state index contributed by atoms with van der Waals surface area (Å²) in [4.78, 5) is 13.8. The number of halogens is 1. The first-order chi connectivity index (χ1) is 8.24. The van der Waals surface area contributed by atoms with Gasteiger partial charge in [0.15, 0.2) is 6.29 Å². The first-order valence-corrected chi connectivity index (χ1v) is 6.18. The van der Waals surface area contributed by atoms with Gasteiger partial charge in [-0.3, -0.25) is 4.79 Å². The third kappa shape index (κ3) is 5.65. The van der Waals surface area contributed by atoms with Gasteiger partial charge in [-0.15, -0.1) is 0 Å². The topological polar surface area (TPSA) is 68.0 Å². The highest BCUT2D eigenvalue weighted by molar-refractivity contribution is 6.29. The third-order valence-corrected chi connectivity index (χ3v) is 2.73. The van der Waals surface area contributed by atoms with Crippen molar-refractivity contribution < 1.29 is 4.79 Å². The predicted molar refractivity (Wildman–Crippen MR) is 70.4 cm³/mol. The zero-order chi connectivity index (χ0) is 12.5. The van der Waals surface area contributed by atoms with Crippen LogP contribution in [0, 0.1) is 0 Å². The lowest BCUT2D eigenvalue weighted by Gasteiger charge is -1.95. The Hall–Kier alpha value is -1.13. The van der Waals surface area contributed by atoms with Crippen molar-refractivity contribution in [3.05, 3.63) is 23.0 Å². The SMILES string of the molecule is C1CCCNCC1.Nc1cc(Cl)ncc1C=O. The number of rotatable bonds is 1. The molecule has 1 aliphatic heterocycles. The van der Waals surface area contributed by atoms with Crippen molar-refractivity contribution in [3.63, 3.8) is 0 Å². The average Bonchev–Trinajstić information content (AvgIpc) is 2.62. The summed E-state index contributed by atoms with van der Waals surface area (Å²) in [6.07, 6.45) is 7.63. The Labute approximate surface area is 107 Å². The van der Waals surface area contributed by atoms with Gasteiger partial charge in [0.1, 0.15) is 5.15 Å². The lowest BCUT2D eigenvalue weighted by atomic mass is 10.2. The molecular weight excluding hydrogens is 238 g/mol. The van der Waals surface area contributed by atoms with Gasteiger partial charge < -0.3 is 11.1 Å². The molecule has 2 rings (SSSR count). The van der Waals surface area contributed by atoms with Crippen LogP contribution in [0.1, 0.15) is 36.0 Å². The average molecular weight is 256 g/mol. The number of nitrogens with zero attached hydrogens (tertiary/aromatic N) is 1. The van der Waals surface area contributed by atoms with Crippen LogP contribution in [0.2, 0.25) is 5.15 Å². The molecule has 0 unspecified atom stereocenters. The van der Waals surface area contributed by atoms with Gasteiger partial charge in [-0.1, -0.05) is 24.4 Å². The maximum atomic E-state index is 10.2. The molecule has 1 saturated heterocycles. The molecule has 2 heterocycles. The van der Waals surface area contributed by atoms with Gasteiger partial charge in [0.05, 0.1) is 5.56 Å². The number of pyridine rings is 1. The molecule has 1 aliphatic rings. The second-order valence-electron chi connectivity index (χ2n) is 3.92. The summed E-state index contributed by atoms with van der Waals surface area (Å²) < 4.78 is 0. The van der Waals surface area contributed by atoms with Gasteiger partial charge in [0.25, 0.3) is 0 Å². The van der Waals surface area contributed by atoms with Crippen molar-refractivity contribution in [1.29, 1.82) is 0 Å². The lowest BCUT2D eigenvalue weighted by Crippen LogP contribution is -2.12. The number of nitrogens with one attached hydrogen (secondary N) is 1. The number of hydrogen-bond acceptors (Lipinski definition) is 4. The summed E-state index contributed by atoms with van der Waals surface area (Å²) in [6, 6.07) is 1.44. The van der Waals surface area contributed by atoms with E-state index in [1.54, 1.807) is 0 Å². The molecule has 1 fully saturated rings. The quantitative estimate of drug-likeness (QED) is 0.597. The van der Waals surface area contributed by atoms with Crippen molar-refractivity contribution in [2.45, 2.75) is 25.7 Å². The van der Waals surface area contributed by atoms with E-state index in [1.807, 2.05) is 0 Å². The van der Waals surface area contributed by atoms with E-state index in [-0.39, 0.29) is 0 Å². The minimum Gasteiger partial charge on any atom is -0.398 e. The second kappa shape index (κ2) is 8.03. The monoisotopic (exact) mass is 255 g/mol. The standard InChI is InChI=1S/C6H5ClN2O.C6H13N/c7-6-1-5(8)4(3-10)2-9-6;1-2-4-6-7-5-3-1/h1-3H,(H2,8,9);7H,1-6H2. The fourth-order valence-corrected chi connectivity index (χ4v) is 1.70. The van der Waals surface area contributed by atoms with E-state index in [2.05, 4.69) is 10.3 Å². The normalized spacial score (nSPS) is 15.4. The molecule has 0 spiro atoms. The first-order valence-electron chi connectivity index (χ1n) is 5.81. The Morgan fingerprint density at radius 3 is 2.47 bits per heavy atom. The zero-order valence-corrected chi connectivity index (χ0v) is 10.5. The highest BCUT2D eigenvalue weighted by Crippen LogP contribution is 2.12. The Kier molecular flexibility index (Phi) is 6.58. The Morgan fingerprint density at radius 2 is 1.94 bits per heavy atom. The molecule has 0 aromatic carbocycles. The molecule has 0 aliphatic carbocycles. The highest BCUT2D eigenvalue weighted by Gasteiger charge is 1.97. The van der Waals surface area contributed by atoms with E-state index in [4.69, 9.17) is 17.3 Å². The van der Waals surface area contributed by atoms with Crippen LogP contribution >= 0.6 is 11.6 Å². The molecular formula is C12H18ClN3O. The third-order valence-electron chi connectivity index (χ3n) is 2.52. The Morgan fingerprint density at radius 1 is 1.29 bits per heavy atom. The van der Waals surface area contributed by atoms with Crippen LogP contribution in [0.3, 0.4) is 0 Å². The maximum absolute atomic E-state index is 10.2. The number of nitrogen functional groups attached to an aromatic ring is 1. The molecule has 4 nitrogen and oxygen atoms in total. The van der Waals surface area contributed by atoms with Crippen molar-refractivity contribution >= 4 is 23.6 Å². The number of aromatic nitrogens is 1. The first kappa shape index (κ1) is 13.9. The largest absolute Gasteiger partial charge is 0.398 e.